The van der Waals surface area contributed by atoms with E-state index < -0.39 is 0 Å². The fourth-order valence-corrected chi connectivity index (χ4v) is 2.88. The Balaban J connectivity index is 1.45. The molecule has 0 saturated carbocycles. The number of nitrogens with zero attached hydrogens (tertiary/aromatic N) is 2. The monoisotopic (exact) mass is 337 g/mol. The minimum absolute atomic E-state index is 0.128. The number of amides is 1. The Kier molecular flexibility index (Phi) is 4.03. The lowest BCUT2D eigenvalue weighted by molar-refractivity contribution is 0.0945. The first kappa shape index (κ1) is 15.5. The Labute approximate surface area is 144 Å². The fourth-order valence-electron chi connectivity index (χ4n) is 2.88. The van der Waals surface area contributed by atoms with Gasteiger partial charge in [-0.3, -0.25) is 4.79 Å². The van der Waals surface area contributed by atoms with Crippen molar-refractivity contribution in [3.05, 3.63) is 82.9 Å². The fraction of sp³-hybridized carbons (Fsp3) is 0.158. The van der Waals surface area contributed by atoms with E-state index in [9.17, 15) is 9.18 Å². The van der Waals surface area contributed by atoms with Crippen LogP contribution in [0.1, 0.15) is 27.0 Å². The molecular weight excluding hydrogens is 321 g/mol. The largest absolute Gasteiger partial charge is 0.372 e. The molecule has 2 aromatic carbocycles. The number of nitrogens with one attached hydrogen (secondary N) is 1. The molecule has 3 aromatic rings. The number of hydrogen-bond acceptors (Lipinski definition) is 3. The topological polar surface area (TPSA) is 56.2 Å². The van der Waals surface area contributed by atoms with E-state index in [1.54, 1.807) is 23.0 Å². The smallest absolute Gasteiger partial charge is 0.251 e. The summed E-state index contributed by atoms with van der Waals surface area (Å²) in [6, 6.07) is 11.7. The summed E-state index contributed by atoms with van der Waals surface area (Å²) in [5.41, 5.74) is 4.30. The zero-order valence-electron chi connectivity index (χ0n) is 13.4. The van der Waals surface area contributed by atoms with Gasteiger partial charge < -0.3 is 10.1 Å². The van der Waals surface area contributed by atoms with Crippen molar-refractivity contribution in [3.8, 4) is 5.69 Å². The Bertz CT molecular complexity index is 919. The predicted octanol–water partition coefficient (Wildman–Crippen LogP) is 2.97. The SMILES string of the molecule is O=C(NCc1cnn(-c2ccc(F)cc2)c1)c1cccc2c1COC2. The van der Waals surface area contributed by atoms with Gasteiger partial charge in [0.25, 0.3) is 5.91 Å². The number of hydrogen-bond donors (Lipinski definition) is 1. The van der Waals surface area contributed by atoms with Crippen LogP contribution >= 0.6 is 0 Å². The summed E-state index contributed by atoms with van der Waals surface area (Å²) < 4.78 is 20.0. The molecule has 0 bridgehead atoms. The normalized spacial score (nSPS) is 12.8. The first-order valence-corrected chi connectivity index (χ1v) is 7.97. The second-order valence-electron chi connectivity index (χ2n) is 5.89. The first-order chi connectivity index (χ1) is 12.2. The van der Waals surface area contributed by atoms with Gasteiger partial charge in [0, 0.05) is 23.9 Å². The Morgan fingerprint density at radius 2 is 2.04 bits per heavy atom. The summed E-state index contributed by atoms with van der Waals surface area (Å²) in [4.78, 5) is 12.5. The molecule has 2 heterocycles. The third kappa shape index (κ3) is 3.16. The van der Waals surface area contributed by atoms with Crippen LogP contribution in [-0.4, -0.2) is 15.7 Å². The van der Waals surface area contributed by atoms with Crippen LogP contribution in [0.4, 0.5) is 4.39 Å². The minimum Gasteiger partial charge on any atom is -0.372 e. The molecule has 0 atom stereocenters. The number of carbonyl (C=O) groups is 1. The van der Waals surface area contributed by atoms with Crippen molar-refractivity contribution in [1.29, 1.82) is 0 Å². The molecular formula is C19H16FN3O2. The molecule has 0 aliphatic carbocycles. The van der Waals surface area contributed by atoms with Crippen molar-refractivity contribution in [3.63, 3.8) is 0 Å². The van der Waals surface area contributed by atoms with E-state index >= 15 is 0 Å². The molecule has 0 radical (unpaired) electrons. The lowest BCUT2D eigenvalue weighted by Gasteiger charge is -2.07. The second kappa shape index (κ2) is 6.49. The van der Waals surface area contributed by atoms with Crippen molar-refractivity contribution < 1.29 is 13.9 Å². The average molecular weight is 337 g/mol. The molecule has 0 saturated heterocycles. The maximum Gasteiger partial charge on any atom is 0.251 e. The molecule has 1 N–H and O–H groups in total. The lowest BCUT2D eigenvalue weighted by Crippen LogP contribution is -2.23. The van der Waals surface area contributed by atoms with Crippen LogP contribution in [0.5, 0.6) is 0 Å². The molecule has 1 aromatic heterocycles. The van der Waals surface area contributed by atoms with E-state index in [1.165, 1.54) is 12.1 Å². The number of benzene rings is 2. The van der Waals surface area contributed by atoms with E-state index in [2.05, 4.69) is 10.4 Å². The van der Waals surface area contributed by atoms with Crippen molar-refractivity contribution in [2.45, 2.75) is 19.8 Å². The molecule has 6 heteroatoms. The van der Waals surface area contributed by atoms with Crippen LogP contribution in [0.15, 0.2) is 54.9 Å². The highest BCUT2D eigenvalue weighted by Gasteiger charge is 2.19. The number of aromatic nitrogens is 2. The van der Waals surface area contributed by atoms with Crippen molar-refractivity contribution in [2.24, 2.45) is 0 Å². The number of rotatable bonds is 4. The van der Waals surface area contributed by atoms with Gasteiger partial charge in [0.15, 0.2) is 0 Å². The van der Waals surface area contributed by atoms with E-state index in [0.717, 1.165) is 22.4 Å². The van der Waals surface area contributed by atoms with Crippen LogP contribution < -0.4 is 5.32 Å². The van der Waals surface area contributed by atoms with Crippen LogP contribution in [0.25, 0.3) is 5.69 Å². The van der Waals surface area contributed by atoms with Gasteiger partial charge in [-0.15, -0.1) is 0 Å². The highest BCUT2D eigenvalue weighted by Crippen LogP contribution is 2.23. The molecule has 1 aliphatic rings. The molecule has 4 rings (SSSR count). The van der Waals surface area contributed by atoms with Crippen molar-refractivity contribution in [1.82, 2.24) is 15.1 Å². The molecule has 0 spiro atoms. The predicted molar refractivity (Wildman–Crippen MR) is 89.6 cm³/mol. The van der Waals surface area contributed by atoms with Gasteiger partial charge in [0.1, 0.15) is 5.82 Å². The quantitative estimate of drug-likeness (QED) is 0.796. The zero-order valence-corrected chi connectivity index (χ0v) is 13.4. The number of carbonyl (C=O) groups excluding carboxylic acids is 1. The van der Waals surface area contributed by atoms with E-state index in [0.29, 0.717) is 25.3 Å². The summed E-state index contributed by atoms with van der Waals surface area (Å²) in [6.45, 7) is 1.40. The van der Waals surface area contributed by atoms with E-state index in [4.69, 9.17) is 4.74 Å². The van der Waals surface area contributed by atoms with Crippen LogP contribution in [-0.2, 0) is 24.5 Å². The van der Waals surface area contributed by atoms with Gasteiger partial charge in [0.05, 0.1) is 25.1 Å². The maximum absolute atomic E-state index is 13.0. The highest BCUT2D eigenvalue weighted by molar-refractivity contribution is 5.96. The van der Waals surface area contributed by atoms with Crippen LogP contribution in [0.3, 0.4) is 0 Å². The maximum atomic E-state index is 13.0. The Morgan fingerprint density at radius 3 is 2.88 bits per heavy atom. The lowest BCUT2D eigenvalue weighted by atomic mass is 10.0. The van der Waals surface area contributed by atoms with Crippen LogP contribution in [0.2, 0.25) is 0 Å². The van der Waals surface area contributed by atoms with Gasteiger partial charge >= 0.3 is 0 Å². The third-order valence-electron chi connectivity index (χ3n) is 4.20. The summed E-state index contributed by atoms with van der Waals surface area (Å²) in [7, 11) is 0. The number of fused-ring (bicyclic) bond motifs is 1. The van der Waals surface area contributed by atoms with Gasteiger partial charge in [-0.25, -0.2) is 9.07 Å². The van der Waals surface area contributed by atoms with Gasteiger partial charge in [-0.2, -0.15) is 5.10 Å². The van der Waals surface area contributed by atoms with Crippen molar-refractivity contribution in [2.75, 3.05) is 0 Å². The van der Waals surface area contributed by atoms with Crippen LogP contribution in [0, 0.1) is 5.82 Å². The average Bonchev–Trinajstić information content (AvgIpc) is 3.29. The first-order valence-electron chi connectivity index (χ1n) is 7.97. The summed E-state index contributed by atoms with van der Waals surface area (Å²) >= 11 is 0. The Morgan fingerprint density at radius 1 is 1.20 bits per heavy atom. The zero-order chi connectivity index (χ0) is 17.2. The molecule has 1 aliphatic heterocycles. The third-order valence-corrected chi connectivity index (χ3v) is 4.20. The van der Waals surface area contributed by atoms with Gasteiger partial charge in [-0.05, 0) is 41.5 Å². The second-order valence-corrected chi connectivity index (χ2v) is 5.89. The van der Waals surface area contributed by atoms with E-state index in [-0.39, 0.29) is 11.7 Å². The molecule has 25 heavy (non-hydrogen) atoms. The number of halogens is 1. The summed E-state index contributed by atoms with van der Waals surface area (Å²) in [6.07, 6.45) is 3.49. The summed E-state index contributed by atoms with van der Waals surface area (Å²) in [5, 5.41) is 7.16. The Hall–Kier alpha value is -2.99. The molecule has 0 unspecified atom stereocenters. The van der Waals surface area contributed by atoms with Gasteiger partial charge in [-0.1, -0.05) is 12.1 Å². The van der Waals surface area contributed by atoms with E-state index in [1.807, 2.05) is 24.4 Å². The molecule has 1 amide bonds. The van der Waals surface area contributed by atoms with Gasteiger partial charge in [0.2, 0.25) is 0 Å². The molecule has 5 nitrogen and oxygen atoms in total. The molecule has 126 valence electrons. The molecule has 0 fully saturated rings. The minimum atomic E-state index is -0.289. The standard InChI is InChI=1S/C19H16FN3O2/c20-15-4-6-16(7-5-15)23-10-13(9-22-23)8-21-19(24)17-3-1-2-14-11-25-12-18(14)17/h1-7,9-10H,8,11-12H2,(H,21,24). The number of ether oxygens (including phenoxy) is 1. The summed E-state index contributed by atoms with van der Waals surface area (Å²) in [5.74, 6) is -0.417. The highest BCUT2D eigenvalue weighted by atomic mass is 19.1. The van der Waals surface area contributed by atoms with Crippen molar-refractivity contribution >= 4 is 5.91 Å².